The van der Waals surface area contributed by atoms with Crippen LogP contribution in [-0.2, 0) is 5.41 Å². The molecule has 0 spiro atoms. The van der Waals surface area contributed by atoms with Crippen LogP contribution in [0.5, 0.6) is 0 Å². The van der Waals surface area contributed by atoms with Crippen LogP contribution in [0.3, 0.4) is 0 Å². The number of fused-ring (bicyclic) bond motifs is 6. The topological polar surface area (TPSA) is 8.17 Å². The van der Waals surface area contributed by atoms with E-state index in [1.807, 2.05) is 12.2 Å². The Kier molecular flexibility index (Phi) is 8.16. The molecule has 0 N–H and O–H groups in total. The third kappa shape index (κ3) is 5.72. The quantitative estimate of drug-likeness (QED) is 0.151. The fourth-order valence-electron chi connectivity index (χ4n) is 8.90. The number of hydrogen-bond donors (Lipinski definition) is 0. The predicted octanol–water partition coefficient (Wildman–Crippen LogP) is 15.2. The van der Waals surface area contributed by atoms with E-state index in [0.717, 1.165) is 33.9 Å². The minimum atomic E-state index is -0.135. The van der Waals surface area contributed by atoms with Gasteiger partial charge in [0.25, 0.3) is 0 Å². The summed E-state index contributed by atoms with van der Waals surface area (Å²) in [6, 6.07) is 66.5. The van der Waals surface area contributed by atoms with E-state index in [9.17, 15) is 0 Å². The highest BCUT2D eigenvalue weighted by atomic mass is 15.1. The van der Waals surface area contributed by atoms with E-state index < -0.39 is 0 Å². The van der Waals surface area contributed by atoms with Gasteiger partial charge in [-0.05, 0) is 128 Å². The smallest absolute Gasteiger partial charge is 0.0541 e. The Balaban J connectivity index is 1.06. The van der Waals surface area contributed by atoms with Gasteiger partial charge < -0.3 is 9.47 Å². The molecule has 9 aromatic rings. The summed E-state index contributed by atoms with van der Waals surface area (Å²) in [5.74, 6) is 0. The second kappa shape index (κ2) is 13.5. The van der Waals surface area contributed by atoms with Crippen molar-refractivity contribution in [1.29, 1.82) is 0 Å². The Morgan fingerprint density at radius 3 is 1.72 bits per heavy atom. The van der Waals surface area contributed by atoms with Gasteiger partial charge in [0, 0.05) is 38.9 Å². The van der Waals surface area contributed by atoms with E-state index >= 15 is 0 Å². The monoisotopic (exact) mass is 730 g/mol. The normalized spacial score (nSPS) is 12.7. The highest BCUT2D eigenvalue weighted by Crippen LogP contribution is 2.51. The van der Waals surface area contributed by atoms with Crippen LogP contribution in [-0.4, -0.2) is 4.57 Å². The molecule has 0 unspecified atom stereocenters. The number of para-hydroxylation sites is 1. The van der Waals surface area contributed by atoms with Crippen LogP contribution in [0.4, 0.5) is 17.1 Å². The van der Waals surface area contributed by atoms with Gasteiger partial charge in [0.1, 0.15) is 0 Å². The Labute approximate surface area is 334 Å². The van der Waals surface area contributed by atoms with E-state index in [2.05, 4.69) is 218 Å². The van der Waals surface area contributed by atoms with Crippen LogP contribution in [0.2, 0.25) is 0 Å². The van der Waals surface area contributed by atoms with Crippen molar-refractivity contribution in [3.8, 4) is 39.1 Å². The summed E-state index contributed by atoms with van der Waals surface area (Å²) in [4.78, 5) is 2.39. The SMILES string of the molecule is C=Cc1ccc(-n2c3ccccc3c3cc(-c4ccc(N(c5ccc(-c6ccccc6)cc5)c5ccc6c(c5)C(C)(C)c5ccc(C=C)cc5-6)cc4)ccc32)cc1. The van der Waals surface area contributed by atoms with Crippen LogP contribution in [0, 0.1) is 0 Å². The molecular weight excluding hydrogens is 689 g/mol. The average molecular weight is 731 g/mol. The molecule has 1 heterocycles. The van der Waals surface area contributed by atoms with Gasteiger partial charge in [0.05, 0.1) is 11.0 Å². The molecule has 1 aromatic heterocycles. The van der Waals surface area contributed by atoms with Crippen LogP contribution in [0.15, 0.2) is 195 Å². The zero-order chi connectivity index (χ0) is 38.7. The molecule has 0 saturated heterocycles. The van der Waals surface area contributed by atoms with Crippen LogP contribution in [0.25, 0.3) is 73.0 Å². The Morgan fingerprint density at radius 2 is 1.02 bits per heavy atom. The van der Waals surface area contributed by atoms with Gasteiger partial charge in [0.2, 0.25) is 0 Å². The van der Waals surface area contributed by atoms with Crippen molar-refractivity contribution >= 4 is 51.0 Å². The molecule has 0 aliphatic heterocycles. The van der Waals surface area contributed by atoms with Crippen LogP contribution >= 0.6 is 0 Å². The Hall–Kier alpha value is -7.16. The van der Waals surface area contributed by atoms with E-state index in [1.54, 1.807) is 0 Å². The third-order valence-electron chi connectivity index (χ3n) is 11.9. The minimum Gasteiger partial charge on any atom is -0.310 e. The number of anilines is 3. The predicted molar refractivity (Wildman–Crippen MR) is 244 cm³/mol. The van der Waals surface area contributed by atoms with Crippen LogP contribution < -0.4 is 4.90 Å². The van der Waals surface area contributed by atoms with Gasteiger partial charge in [-0.15, -0.1) is 0 Å². The number of benzene rings is 8. The van der Waals surface area contributed by atoms with Crippen molar-refractivity contribution < 1.29 is 0 Å². The lowest BCUT2D eigenvalue weighted by molar-refractivity contribution is 0.660. The summed E-state index contributed by atoms with van der Waals surface area (Å²) >= 11 is 0. The Bertz CT molecular complexity index is 2980. The molecular formula is C55H42N2. The molecule has 0 amide bonds. The molecule has 272 valence electrons. The maximum absolute atomic E-state index is 4.04. The fourth-order valence-corrected chi connectivity index (χ4v) is 8.90. The first-order valence-electron chi connectivity index (χ1n) is 19.7. The van der Waals surface area contributed by atoms with Crippen molar-refractivity contribution in [3.05, 3.63) is 217 Å². The number of nitrogens with zero attached hydrogens (tertiary/aromatic N) is 2. The van der Waals surface area contributed by atoms with E-state index in [0.29, 0.717) is 0 Å². The first-order chi connectivity index (χ1) is 27.9. The third-order valence-corrected chi connectivity index (χ3v) is 11.9. The van der Waals surface area contributed by atoms with Crippen molar-refractivity contribution in [3.63, 3.8) is 0 Å². The van der Waals surface area contributed by atoms with Crippen molar-refractivity contribution in [1.82, 2.24) is 4.57 Å². The fraction of sp³-hybridized carbons (Fsp3) is 0.0545. The summed E-state index contributed by atoms with van der Waals surface area (Å²) in [6.07, 6.45) is 3.82. The summed E-state index contributed by atoms with van der Waals surface area (Å²) in [5.41, 5.74) is 19.1. The Morgan fingerprint density at radius 1 is 0.439 bits per heavy atom. The molecule has 0 radical (unpaired) electrons. The summed E-state index contributed by atoms with van der Waals surface area (Å²) < 4.78 is 2.36. The number of aromatic nitrogens is 1. The van der Waals surface area contributed by atoms with E-state index in [-0.39, 0.29) is 5.41 Å². The van der Waals surface area contributed by atoms with E-state index in [4.69, 9.17) is 0 Å². The lowest BCUT2D eigenvalue weighted by atomic mass is 9.82. The maximum Gasteiger partial charge on any atom is 0.0541 e. The molecule has 1 aliphatic carbocycles. The average Bonchev–Trinajstić information content (AvgIpc) is 3.71. The lowest BCUT2D eigenvalue weighted by Gasteiger charge is -2.28. The standard InChI is InChI=1S/C55H42N2/c1-5-37-16-24-45(25-17-37)57-53-15-11-10-14-48(53)50-35-42(23-33-54(50)57)41-21-28-44(29-22-41)56(43-26-19-40(20-27-43)39-12-8-7-9-13-39)46-30-31-47-49-34-38(6-2)18-32-51(49)55(3,4)52(47)36-46/h5-36H,1-2H2,3-4H3. The zero-order valence-electron chi connectivity index (χ0n) is 32.3. The molecule has 2 nitrogen and oxygen atoms in total. The van der Waals surface area contributed by atoms with Crippen molar-refractivity contribution in [2.75, 3.05) is 4.90 Å². The van der Waals surface area contributed by atoms with Gasteiger partial charge in [-0.25, -0.2) is 0 Å². The second-order valence-electron chi connectivity index (χ2n) is 15.5. The first-order valence-corrected chi connectivity index (χ1v) is 19.7. The van der Waals surface area contributed by atoms with Gasteiger partial charge in [0.15, 0.2) is 0 Å². The second-order valence-corrected chi connectivity index (χ2v) is 15.5. The van der Waals surface area contributed by atoms with Crippen molar-refractivity contribution in [2.24, 2.45) is 0 Å². The minimum absolute atomic E-state index is 0.135. The maximum atomic E-state index is 4.04. The highest BCUT2D eigenvalue weighted by Gasteiger charge is 2.36. The molecule has 0 bridgehead atoms. The van der Waals surface area contributed by atoms with Crippen molar-refractivity contribution in [2.45, 2.75) is 19.3 Å². The first kappa shape index (κ1) is 34.3. The highest BCUT2D eigenvalue weighted by molar-refractivity contribution is 6.10. The number of hydrogen-bond acceptors (Lipinski definition) is 1. The van der Waals surface area contributed by atoms with Crippen LogP contribution in [0.1, 0.15) is 36.1 Å². The summed E-state index contributed by atoms with van der Waals surface area (Å²) in [6.45, 7) is 12.7. The largest absolute Gasteiger partial charge is 0.310 e. The molecule has 57 heavy (non-hydrogen) atoms. The van der Waals surface area contributed by atoms with Gasteiger partial charge >= 0.3 is 0 Å². The van der Waals surface area contributed by atoms with Gasteiger partial charge in [-0.1, -0.05) is 148 Å². The van der Waals surface area contributed by atoms with Gasteiger partial charge in [-0.3, -0.25) is 0 Å². The molecule has 10 rings (SSSR count). The van der Waals surface area contributed by atoms with E-state index in [1.165, 1.54) is 66.3 Å². The molecule has 2 heteroatoms. The molecule has 8 aromatic carbocycles. The lowest BCUT2D eigenvalue weighted by Crippen LogP contribution is -2.16. The summed E-state index contributed by atoms with van der Waals surface area (Å²) in [7, 11) is 0. The zero-order valence-corrected chi connectivity index (χ0v) is 32.3. The molecule has 0 atom stereocenters. The molecule has 1 aliphatic rings. The molecule has 0 saturated carbocycles. The number of rotatable bonds is 8. The summed E-state index contributed by atoms with van der Waals surface area (Å²) in [5, 5.41) is 2.48. The van der Waals surface area contributed by atoms with Gasteiger partial charge in [-0.2, -0.15) is 0 Å². The molecule has 0 fully saturated rings.